The number of aliphatic hydroxyl groups is 1. The summed E-state index contributed by atoms with van der Waals surface area (Å²) in [7, 11) is 0. The van der Waals surface area contributed by atoms with Crippen molar-refractivity contribution in [2.75, 3.05) is 18.6 Å². The molecule has 5 nitrogen and oxygen atoms in total. The summed E-state index contributed by atoms with van der Waals surface area (Å²) in [6.45, 7) is 0.654. The minimum absolute atomic E-state index is 0.303. The van der Waals surface area contributed by atoms with Crippen molar-refractivity contribution in [3.05, 3.63) is 34.4 Å². The Morgan fingerprint density at radius 3 is 3.05 bits per heavy atom. The summed E-state index contributed by atoms with van der Waals surface area (Å²) >= 11 is 5.18. The maximum atomic E-state index is 10.0. The maximum absolute atomic E-state index is 10.0. The van der Waals surface area contributed by atoms with Gasteiger partial charge in [0.05, 0.1) is 5.52 Å². The van der Waals surface area contributed by atoms with Gasteiger partial charge in [-0.25, -0.2) is 0 Å². The molecule has 0 saturated heterocycles. The van der Waals surface area contributed by atoms with Crippen LogP contribution in [0.2, 0.25) is 0 Å². The molecule has 0 aliphatic rings. The van der Waals surface area contributed by atoms with E-state index in [9.17, 15) is 5.11 Å². The number of halogens is 1. The lowest BCUT2D eigenvalue weighted by Crippen LogP contribution is -2.38. The van der Waals surface area contributed by atoms with Gasteiger partial charge in [0.1, 0.15) is 11.9 Å². The fraction of sp³-hybridized carbons (Fsp3) is 0.357. The van der Waals surface area contributed by atoms with E-state index >= 15 is 0 Å². The van der Waals surface area contributed by atoms with Crippen LogP contribution in [-0.2, 0) is 6.42 Å². The minimum atomic E-state index is -0.945. The third-order valence-electron chi connectivity index (χ3n) is 3.21. The highest BCUT2D eigenvalue weighted by Gasteiger charge is 2.16. The van der Waals surface area contributed by atoms with Crippen molar-refractivity contribution >= 4 is 44.3 Å². The smallest absolute Gasteiger partial charge is 0.147 e. The number of aromatic nitrogens is 1. The molecule has 0 aliphatic carbocycles. The number of oxime groups is 1. The number of rotatable bonds is 7. The van der Waals surface area contributed by atoms with Crippen molar-refractivity contribution in [1.82, 2.24) is 10.3 Å². The van der Waals surface area contributed by atoms with E-state index in [2.05, 4.69) is 31.4 Å². The predicted octanol–water partition coefficient (Wildman–Crippen LogP) is 2.57. The summed E-state index contributed by atoms with van der Waals surface area (Å²) in [5.74, 6) is 0.885. The second kappa shape index (κ2) is 7.84. The van der Waals surface area contributed by atoms with Crippen LogP contribution in [0.4, 0.5) is 0 Å². The summed E-state index contributed by atoms with van der Waals surface area (Å²) in [4.78, 5) is 3.19. The van der Waals surface area contributed by atoms with Gasteiger partial charge in [-0.05, 0) is 33.8 Å². The number of benzene rings is 1. The Bertz CT molecular complexity index is 630. The first kappa shape index (κ1) is 16.4. The summed E-state index contributed by atoms with van der Waals surface area (Å²) in [5, 5.41) is 26.4. The van der Waals surface area contributed by atoms with Crippen molar-refractivity contribution in [2.24, 2.45) is 5.16 Å². The molecular formula is C14H18BrN3O2S. The van der Waals surface area contributed by atoms with E-state index in [4.69, 9.17) is 5.21 Å². The summed E-state index contributed by atoms with van der Waals surface area (Å²) in [6.07, 6.45) is 3.30. The molecule has 0 radical (unpaired) electrons. The van der Waals surface area contributed by atoms with E-state index in [1.54, 1.807) is 11.8 Å². The Kier molecular flexibility index (Phi) is 6.10. The van der Waals surface area contributed by atoms with E-state index in [1.807, 2.05) is 30.7 Å². The van der Waals surface area contributed by atoms with Crippen molar-refractivity contribution in [2.45, 2.75) is 12.6 Å². The van der Waals surface area contributed by atoms with Crippen LogP contribution in [0.1, 0.15) is 5.56 Å². The van der Waals surface area contributed by atoms with Crippen LogP contribution in [0.3, 0.4) is 0 Å². The second-order valence-electron chi connectivity index (χ2n) is 4.59. The first-order valence-electron chi connectivity index (χ1n) is 6.53. The maximum Gasteiger partial charge on any atom is 0.147 e. The van der Waals surface area contributed by atoms with E-state index < -0.39 is 6.23 Å². The Morgan fingerprint density at radius 2 is 2.33 bits per heavy atom. The number of fused-ring (bicyclic) bond motifs is 1. The Labute approximate surface area is 135 Å². The Morgan fingerprint density at radius 1 is 1.52 bits per heavy atom. The number of nitrogens with zero attached hydrogens (tertiary/aromatic N) is 1. The molecule has 1 heterocycles. The zero-order chi connectivity index (χ0) is 15.2. The number of nitrogens with one attached hydrogen (secondary N) is 2. The molecule has 0 amide bonds. The van der Waals surface area contributed by atoms with Crippen LogP contribution in [0.25, 0.3) is 10.9 Å². The summed E-state index contributed by atoms with van der Waals surface area (Å²) in [5.41, 5.74) is 2.27. The van der Waals surface area contributed by atoms with Crippen molar-refractivity contribution < 1.29 is 10.3 Å². The van der Waals surface area contributed by atoms with Crippen LogP contribution in [0.5, 0.6) is 0 Å². The molecule has 4 N–H and O–H groups in total. The lowest BCUT2D eigenvalue weighted by molar-refractivity contribution is 0.196. The summed E-state index contributed by atoms with van der Waals surface area (Å²) < 4.78 is 0.979. The Balaban J connectivity index is 2.12. The number of H-pyrrole nitrogens is 1. The van der Waals surface area contributed by atoms with Gasteiger partial charge < -0.3 is 15.3 Å². The molecule has 2 rings (SSSR count). The van der Waals surface area contributed by atoms with E-state index in [-0.39, 0.29) is 0 Å². The van der Waals surface area contributed by atoms with Gasteiger partial charge in [0, 0.05) is 34.8 Å². The van der Waals surface area contributed by atoms with Gasteiger partial charge in [0.25, 0.3) is 0 Å². The van der Waals surface area contributed by atoms with Crippen molar-refractivity contribution in [1.29, 1.82) is 0 Å². The minimum Gasteiger partial charge on any atom is -0.411 e. The number of aliphatic hydroxyl groups excluding tert-OH is 1. The van der Waals surface area contributed by atoms with Gasteiger partial charge in [-0.2, -0.15) is 11.8 Å². The van der Waals surface area contributed by atoms with Crippen LogP contribution in [0.15, 0.2) is 34.0 Å². The van der Waals surface area contributed by atoms with Crippen LogP contribution in [0, 0.1) is 0 Å². The van der Waals surface area contributed by atoms with Crippen LogP contribution >= 0.6 is 27.7 Å². The quantitative estimate of drug-likeness (QED) is 0.198. The van der Waals surface area contributed by atoms with E-state index in [0.717, 1.165) is 26.7 Å². The molecule has 114 valence electrons. The SMILES string of the molecule is CSCCNC(O)/C(Cc1c[nH]c2c(Br)cccc12)=N/O. The van der Waals surface area contributed by atoms with E-state index in [0.29, 0.717) is 18.7 Å². The molecule has 1 atom stereocenters. The topological polar surface area (TPSA) is 80.6 Å². The van der Waals surface area contributed by atoms with Gasteiger partial charge in [-0.15, -0.1) is 0 Å². The van der Waals surface area contributed by atoms with Gasteiger partial charge >= 0.3 is 0 Å². The molecule has 0 aliphatic heterocycles. The largest absolute Gasteiger partial charge is 0.411 e. The number of hydrogen-bond donors (Lipinski definition) is 4. The summed E-state index contributed by atoms with van der Waals surface area (Å²) in [6, 6.07) is 5.91. The molecular weight excluding hydrogens is 354 g/mol. The average molecular weight is 372 g/mol. The first-order valence-corrected chi connectivity index (χ1v) is 8.71. The molecule has 1 aromatic heterocycles. The van der Waals surface area contributed by atoms with Crippen LogP contribution in [-0.4, -0.2) is 45.8 Å². The molecule has 0 fully saturated rings. The molecule has 2 aromatic rings. The van der Waals surface area contributed by atoms with Gasteiger partial charge in [-0.1, -0.05) is 17.3 Å². The highest BCUT2D eigenvalue weighted by molar-refractivity contribution is 9.10. The zero-order valence-corrected chi connectivity index (χ0v) is 14.0. The van der Waals surface area contributed by atoms with E-state index in [1.165, 1.54) is 0 Å². The predicted molar refractivity (Wildman–Crippen MR) is 91.3 cm³/mol. The van der Waals surface area contributed by atoms with Gasteiger partial charge in [-0.3, -0.25) is 5.32 Å². The number of aromatic amines is 1. The fourth-order valence-corrected chi connectivity index (χ4v) is 2.92. The highest BCUT2D eigenvalue weighted by Crippen LogP contribution is 2.26. The molecule has 21 heavy (non-hydrogen) atoms. The number of thioether (sulfide) groups is 1. The lowest BCUT2D eigenvalue weighted by Gasteiger charge is -2.13. The van der Waals surface area contributed by atoms with Crippen LogP contribution < -0.4 is 5.32 Å². The fourth-order valence-electron chi connectivity index (χ4n) is 2.12. The second-order valence-corrected chi connectivity index (χ2v) is 6.43. The third kappa shape index (κ3) is 4.00. The highest BCUT2D eigenvalue weighted by atomic mass is 79.9. The first-order chi connectivity index (χ1) is 10.2. The molecule has 7 heteroatoms. The normalized spacial score (nSPS) is 13.8. The zero-order valence-electron chi connectivity index (χ0n) is 11.6. The number of hydrogen-bond acceptors (Lipinski definition) is 5. The van der Waals surface area contributed by atoms with Gasteiger partial charge in [0.2, 0.25) is 0 Å². The molecule has 1 unspecified atom stereocenters. The standard InChI is InChI=1S/C14H18BrN3O2S/c1-21-6-5-16-14(19)12(18-20)7-9-8-17-13-10(9)3-2-4-11(13)15/h2-4,8,14,16-17,19-20H,5-7H2,1H3/b18-12+. The number of para-hydroxylation sites is 1. The lowest BCUT2D eigenvalue weighted by atomic mass is 10.1. The third-order valence-corrected chi connectivity index (χ3v) is 4.48. The Hall–Kier alpha value is -1.02. The molecule has 1 aromatic carbocycles. The molecule has 0 spiro atoms. The van der Waals surface area contributed by atoms with Gasteiger partial charge in [0.15, 0.2) is 0 Å². The molecule has 0 bridgehead atoms. The van der Waals surface area contributed by atoms with Crippen molar-refractivity contribution in [3.63, 3.8) is 0 Å². The monoisotopic (exact) mass is 371 g/mol. The molecule has 0 saturated carbocycles. The van der Waals surface area contributed by atoms with Crippen molar-refractivity contribution in [3.8, 4) is 0 Å². The average Bonchev–Trinajstić information content (AvgIpc) is 2.89.